The first kappa shape index (κ1) is 62.3. The Morgan fingerprint density at radius 1 is 0.477 bits per heavy atom. The number of esters is 1. The van der Waals surface area contributed by atoms with Crippen LogP contribution in [0.15, 0.2) is 72.9 Å². The molecule has 0 aliphatic carbocycles. The average molecular weight is 908 g/mol. The Balaban J connectivity index is 4.67. The van der Waals surface area contributed by atoms with Gasteiger partial charge in [-0.1, -0.05) is 241 Å². The van der Waals surface area contributed by atoms with E-state index in [0.29, 0.717) is 19.3 Å². The van der Waals surface area contributed by atoms with Gasteiger partial charge in [-0.15, -0.1) is 0 Å². The highest BCUT2D eigenvalue weighted by Gasteiger charge is 2.24. The summed E-state index contributed by atoms with van der Waals surface area (Å²) in [7, 11) is 0. The van der Waals surface area contributed by atoms with Crippen molar-refractivity contribution in [1.82, 2.24) is 5.32 Å². The molecule has 0 heterocycles. The molecular formula is C59H105NO5. The lowest BCUT2D eigenvalue weighted by atomic mass is 10.0. The van der Waals surface area contributed by atoms with Crippen LogP contribution in [0.25, 0.3) is 0 Å². The van der Waals surface area contributed by atoms with Crippen LogP contribution in [0.5, 0.6) is 0 Å². The molecule has 3 N–H and O–H groups in total. The molecule has 1 amide bonds. The smallest absolute Gasteiger partial charge is 0.306 e. The number of hydrogen-bond donors (Lipinski definition) is 3. The molecule has 6 nitrogen and oxygen atoms in total. The SMILES string of the molecule is CC/C=C/C/C=C/C/C=C/CCCCCCCCC(=O)OC(CCCCC/C=C/C=C/C=C/CCCCCCC)CC(=O)NC(CO)C(O)CCCCCCCCCCCCCCCC. The summed E-state index contributed by atoms with van der Waals surface area (Å²) in [5.41, 5.74) is 0. The molecule has 0 saturated carbocycles. The van der Waals surface area contributed by atoms with E-state index in [2.05, 4.69) is 99.0 Å². The Morgan fingerprint density at radius 2 is 0.892 bits per heavy atom. The number of ether oxygens (including phenoxy) is 1. The third kappa shape index (κ3) is 47.6. The normalized spacial score (nSPS) is 13.7. The van der Waals surface area contributed by atoms with Crippen molar-refractivity contribution >= 4 is 11.9 Å². The number of rotatable bonds is 49. The zero-order valence-electron chi connectivity index (χ0n) is 42.9. The van der Waals surface area contributed by atoms with Crippen molar-refractivity contribution < 1.29 is 24.5 Å². The van der Waals surface area contributed by atoms with Gasteiger partial charge in [-0.05, 0) is 83.5 Å². The average Bonchev–Trinajstić information content (AvgIpc) is 3.30. The number of aliphatic hydroxyl groups is 2. The second-order valence-electron chi connectivity index (χ2n) is 18.7. The monoisotopic (exact) mass is 908 g/mol. The van der Waals surface area contributed by atoms with Crippen LogP contribution in [0.3, 0.4) is 0 Å². The molecule has 376 valence electrons. The van der Waals surface area contributed by atoms with Crippen molar-refractivity contribution in [2.24, 2.45) is 0 Å². The van der Waals surface area contributed by atoms with E-state index in [0.717, 1.165) is 96.3 Å². The number of carbonyl (C=O) groups excluding carboxylic acids is 2. The minimum atomic E-state index is -0.802. The van der Waals surface area contributed by atoms with E-state index < -0.39 is 18.2 Å². The fourth-order valence-electron chi connectivity index (χ4n) is 8.15. The first-order chi connectivity index (χ1) is 32.0. The van der Waals surface area contributed by atoms with Crippen LogP contribution in [-0.4, -0.2) is 46.9 Å². The van der Waals surface area contributed by atoms with Crippen LogP contribution in [0, 0.1) is 0 Å². The van der Waals surface area contributed by atoms with Gasteiger partial charge in [0.2, 0.25) is 5.91 Å². The molecule has 0 aromatic heterocycles. The fraction of sp³-hybridized carbons (Fsp3) is 0.763. The molecule has 0 aromatic carbocycles. The van der Waals surface area contributed by atoms with Crippen LogP contribution < -0.4 is 5.32 Å². The summed E-state index contributed by atoms with van der Waals surface area (Å²) in [5.74, 6) is -0.520. The molecule has 3 unspecified atom stereocenters. The standard InChI is InChI=1S/C59H105NO5/c1-4-7-10-13-16-19-22-25-28-30-32-35-38-41-44-47-50-55(65-59(64)52-49-46-43-40-37-34-31-29-26-23-20-17-14-11-8-5-2)53-58(63)60-56(54-61)57(62)51-48-45-42-39-36-33-27-24-21-18-15-12-9-6-3/h8,11,17,20,22,25-26,28-30,32,35,55-57,61-62H,4-7,9-10,12-16,18-19,21,23-24,27,31,33-34,36-54H2,1-3H3,(H,60,63)/b11-8+,20-17+,25-22+,29-26+,30-28+,35-32+. The second-order valence-corrected chi connectivity index (χ2v) is 18.7. The van der Waals surface area contributed by atoms with E-state index in [4.69, 9.17) is 4.74 Å². The van der Waals surface area contributed by atoms with Gasteiger partial charge in [0.1, 0.15) is 6.10 Å². The third-order valence-corrected chi connectivity index (χ3v) is 12.3. The number of unbranched alkanes of at least 4 members (excludes halogenated alkanes) is 27. The summed E-state index contributed by atoms with van der Waals surface area (Å²) in [6.07, 6.45) is 66.7. The number of hydrogen-bond acceptors (Lipinski definition) is 5. The quantitative estimate of drug-likeness (QED) is 0.0245. The van der Waals surface area contributed by atoms with Crippen molar-refractivity contribution in [1.29, 1.82) is 0 Å². The minimum absolute atomic E-state index is 0.0474. The Labute approximate surface area is 402 Å². The molecule has 0 rings (SSSR count). The number of carbonyl (C=O) groups is 2. The van der Waals surface area contributed by atoms with Crippen molar-refractivity contribution in [3.05, 3.63) is 72.9 Å². The maximum absolute atomic E-state index is 13.2. The van der Waals surface area contributed by atoms with Crippen molar-refractivity contribution in [3.8, 4) is 0 Å². The molecule has 65 heavy (non-hydrogen) atoms. The largest absolute Gasteiger partial charge is 0.462 e. The minimum Gasteiger partial charge on any atom is -0.462 e. The van der Waals surface area contributed by atoms with Crippen LogP contribution in [0.1, 0.15) is 265 Å². The van der Waals surface area contributed by atoms with Crippen LogP contribution in [0.4, 0.5) is 0 Å². The molecule has 0 spiro atoms. The summed E-state index contributed by atoms with van der Waals surface area (Å²) in [6.45, 7) is 6.36. The highest BCUT2D eigenvalue weighted by Crippen LogP contribution is 2.18. The van der Waals surface area contributed by atoms with Gasteiger partial charge in [-0.25, -0.2) is 0 Å². The molecule has 0 radical (unpaired) electrons. The number of aliphatic hydroxyl groups excluding tert-OH is 2. The van der Waals surface area contributed by atoms with E-state index in [1.165, 1.54) is 122 Å². The van der Waals surface area contributed by atoms with Gasteiger partial charge in [-0.2, -0.15) is 0 Å². The number of nitrogens with one attached hydrogen (secondary N) is 1. The molecule has 0 aliphatic heterocycles. The summed E-state index contributed by atoms with van der Waals surface area (Å²) in [6, 6.07) is -0.719. The number of allylic oxidation sites excluding steroid dienone is 12. The summed E-state index contributed by atoms with van der Waals surface area (Å²) < 4.78 is 5.93. The lowest BCUT2D eigenvalue weighted by Crippen LogP contribution is -2.46. The highest BCUT2D eigenvalue weighted by molar-refractivity contribution is 5.77. The van der Waals surface area contributed by atoms with Gasteiger partial charge in [-0.3, -0.25) is 9.59 Å². The topological polar surface area (TPSA) is 95.9 Å². The van der Waals surface area contributed by atoms with E-state index in [9.17, 15) is 19.8 Å². The van der Waals surface area contributed by atoms with Crippen molar-refractivity contribution in [2.45, 2.75) is 283 Å². The summed E-state index contributed by atoms with van der Waals surface area (Å²) in [5, 5.41) is 23.8. The van der Waals surface area contributed by atoms with E-state index in [-0.39, 0.29) is 24.9 Å². The molecule has 0 aliphatic rings. The van der Waals surface area contributed by atoms with Crippen molar-refractivity contribution in [2.75, 3.05) is 6.61 Å². The zero-order chi connectivity index (χ0) is 47.4. The van der Waals surface area contributed by atoms with Gasteiger partial charge in [0.15, 0.2) is 0 Å². The maximum Gasteiger partial charge on any atom is 0.306 e. The Morgan fingerprint density at radius 3 is 1.40 bits per heavy atom. The zero-order valence-corrected chi connectivity index (χ0v) is 42.9. The van der Waals surface area contributed by atoms with Gasteiger partial charge in [0, 0.05) is 6.42 Å². The van der Waals surface area contributed by atoms with Crippen LogP contribution in [-0.2, 0) is 14.3 Å². The highest BCUT2D eigenvalue weighted by atomic mass is 16.5. The summed E-state index contributed by atoms with van der Waals surface area (Å²) >= 11 is 0. The predicted octanol–water partition coefficient (Wildman–Crippen LogP) is 17.0. The third-order valence-electron chi connectivity index (χ3n) is 12.3. The lowest BCUT2D eigenvalue weighted by molar-refractivity contribution is -0.151. The van der Waals surface area contributed by atoms with E-state index in [1.807, 2.05) is 0 Å². The molecule has 0 saturated heterocycles. The number of amides is 1. The fourth-order valence-corrected chi connectivity index (χ4v) is 8.15. The van der Waals surface area contributed by atoms with E-state index in [1.54, 1.807) is 0 Å². The van der Waals surface area contributed by atoms with Gasteiger partial charge in [0.05, 0.1) is 25.2 Å². The molecular weight excluding hydrogens is 803 g/mol. The summed E-state index contributed by atoms with van der Waals surface area (Å²) in [4.78, 5) is 26.2. The molecule has 0 bridgehead atoms. The van der Waals surface area contributed by atoms with Crippen molar-refractivity contribution in [3.63, 3.8) is 0 Å². The van der Waals surface area contributed by atoms with Crippen LogP contribution in [0.2, 0.25) is 0 Å². The van der Waals surface area contributed by atoms with Gasteiger partial charge in [0.25, 0.3) is 0 Å². The van der Waals surface area contributed by atoms with Gasteiger partial charge < -0.3 is 20.3 Å². The molecule has 6 heteroatoms. The Hall–Kier alpha value is -2.70. The lowest BCUT2D eigenvalue weighted by Gasteiger charge is -2.24. The molecule has 0 aromatic rings. The first-order valence-corrected chi connectivity index (χ1v) is 27.7. The molecule has 3 atom stereocenters. The second kappa shape index (κ2) is 52.3. The van der Waals surface area contributed by atoms with E-state index >= 15 is 0 Å². The van der Waals surface area contributed by atoms with Crippen LogP contribution >= 0.6 is 0 Å². The molecule has 0 fully saturated rings. The predicted molar refractivity (Wildman–Crippen MR) is 282 cm³/mol. The Kier molecular flexibility index (Phi) is 50.1. The maximum atomic E-state index is 13.2. The van der Waals surface area contributed by atoms with Gasteiger partial charge >= 0.3 is 5.97 Å². The Bertz CT molecular complexity index is 1200. The first-order valence-electron chi connectivity index (χ1n) is 27.7.